The molecule has 2 aromatic carbocycles. The standard InChI is InChI=1S/C18H22ClN3O4S/c1-14-5-7-17(8-6-14)27(24,25)22-10-9-20-18(23)21-11-12-26-16-4-2-3-15(19)13-16/h2-8,13,22H,9-12H2,1H3,(H2,20,21,23). The molecule has 0 heterocycles. The molecule has 0 unspecified atom stereocenters. The minimum atomic E-state index is -3.58. The zero-order valence-corrected chi connectivity index (χ0v) is 16.4. The van der Waals surface area contributed by atoms with E-state index in [-0.39, 0.29) is 24.6 Å². The fourth-order valence-corrected chi connectivity index (χ4v) is 3.33. The molecule has 0 bridgehead atoms. The Morgan fingerprint density at radius 1 is 1.04 bits per heavy atom. The van der Waals surface area contributed by atoms with Gasteiger partial charge in [-0.05, 0) is 37.3 Å². The molecule has 3 N–H and O–H groups in total. The molecule has 7 nitrogen and oxygen atoms in total. The molecule has 2 rings (SSSR count). The number of carbonyl (C=O) groups excluding carboxylic acids is 1. The van der Waals surface area contributed by atoms with Gasteiger partial charge in [0.2, 0.25) is 10.0 Å². The first-order chi connectivity index (χ1) is 12.9. The SMILES string of the molecule is Cc1ccc(S(=O)(=O)NCCNC(=O)NCCOc2cccc(Cl)c2)cc1. The second-order valence-corrected chi connectivity index (χ2v) is 7.90. The molecular weight excluding hydrogens is 390 g/mol. The van der Waals surface area contributed by atoms with Crippen LogP contribution < -0.4 is 20.1 Å². The van der Waals surface area contributed by atoms with Crippen molar-refractivity contribution in [2.45, 2.75) is 11.8 Å². The monoisotopic (exact) mass is 411 g/mol. The van der Waals surface area contributed by atoms with Crippen LogP contribution in [0.4, 0.5) is 4.79 Å². The third kappa shape index (κ3) is 7.46. The molecule has 0 fully saturated rings. The Balaban J connectivity index is 1.61. The number of urea groups is 1. The predicted octanol–water partition coefficient (Wildman–Crippen LogP) is 2.30. The van der Waals surface area contributed by atoms with Crippen LogP contribution in [-0.2, 0) is 10.0 Å². The summed E-state index contributed by atoms with van der Waals surface area (Å²) in [7, 11) is -3.58. The van der Waals surface area contributed by atoms with Crippen molar-refractivity contribution in [3.05, 3.63) is 59.1 Å². The molecule has 0 aromatic heterocycles. The van der Waals surface area contributed by atoms with Crippen LogP contribution in [0.25, 0.3) is 0 Å². The maximum Gasteiger partial charge on any atom is 0.314 e. The van der Waals surface area contributed by atoms with Crippen LogP contribution in [-0.4, -0.2) is 40.7 Å². The van der Waals surface area contributed by atoms with Crippen molar-refractivity contribution in [3.63, 3.8) is 0 Å². The third-order valence-corrected chi connectivity index (χ3v) is 5.20. The smallest absolute Gasteiger partial charge is 0.314 e. The maximum absolute atomic E-state index is 12.1. The summed E-state index contributed by atoms with van der Waals surface area (Å²) in [5.74, 6) is 0.621. The quantitative estimate of drug-likeness (QED) is 0.551. The Morgan fingerprint density at radius 3 is 2.44 bits per heavy atom. The highest BCUT2D eigenvalue weighted by Gasteiger charge is 2.12. The molecule has 0 aliphatic heterocycles. The van der Waals surface area contributed by atoms with Gasteiger partial charge < -0.3 is 15.4 Å². The van der Waals surface area contributed by atoms with Crippen LogP contribution in [0.15, 0.2) is 53.4 Å². The van der Waals surface area contributed by atoms with Crippen LogP contribution in [0.1, 0.15) is 5.56 Å². The van der Waals surface area contributed by atoms with Crippen molar-refractivity contribution >= 4 is 27.7 Å². The average Bonchev–Trinajstić information content (AvgIpc) is 2.63. The number of nitrogens with one attached hydrogen (secondary N) is 3. The van der Waals surface area contributed by atoms with E-state index in [9.17, 15) is 13.2 Å². The average molecular weight is 412 g/mol. The van der Waals surface area contributed by atoms with Crippen molar-refractivity contribution in [3.8, 4) is 5.75 Å². The lowest BCUT2D eigenvalue weighted by Gasteiger charge is -2.10. The maximum atomic E-state index is 12.1. The largest absolute Gasteiger partial charge is 0.492 e. The van der Waals surface area contributed by atoms with Gasteiger partial charge in [0, 0.05) is 18.1 Å². The molecule has 0 aliphatic carbocycles. The number of sulfonamides is 1. The van der Waals surface area contributed by atoms with E-state index in [0.717, 1.165) is 5.56 Å². The lowest BCUT2D eigenvalue weighted by atomic mass is 10.2. The van der Waals surface area contributed by atoms with Crippen molar-refractivity contribution in [1.82, 2.24) is 15.4 Å². The molecule has 0 radical (unpaired) electrons. The van der Waals surface area contributed by atoms with Gasteiger partial charge in [-0.25, -0.2) is 17.9 Å². The molecule has 27 heavy (non-hydrogen) atoms. The van der Waals surface area contributed by atoms with E-state index in [1.165, 1.54) is 12.1 Å². The molecular formula is C18H22ClN3O4S. The highest BCUT2D eigenvalue weighted by molar-refractivity contribution is 7.89. The van der Waals surface area contributed by atoms with Gasteiger partial charge >= 0.3 is 6.03 Å². The lowest BCUT2D eigenvalue weighted by Crippen LogP contribution is -2.41. The lowest BCUT2D eigenvalue weighted by molar-refractivity contribution is 0.236. The van der Waals surface area contributed by atoms with E-state index in [0.29, 0.717) is 17.3 Å². The van der Waals surface area contributed by atoms with E-state index in [1.807, 2.05) is 6.92 Å². The number of rotatable bonds is 9. The highest BCUT2D eigenvalue weighted by atomic mass is 35.5. The van der Waals surface area contributed by atoms with Crippen LogP contribution in [0.2, 0.25) is 5.02 Å². The topological polar surface area (TPSA) is 96.5 Å². The Bertz CT molecular complexity index is 857. The Hall–Kier alpha value is -2.29. The predicted molar refractivity (Wildman–Crippen MR) is 105 cm³/mol. The number of hydrogen-bond donors (Lipinski definition) is 3. The molecule has 0 saturated carbocycles. The summed E-state index contributed by atoms with van der Waals surface area (Å²) in [6, 6.07) is 13.1. The molecule has 0 spiro atoms. The van der Waals surface area contributed by atoms with Crippen molar-refractivity contribution in [2.75, 3.05) is 26.2 Å². The summed E-state index contributed by atoms with van der Waals surface area (Å²) in [6.07, 6.45) is 0. The van der Waals surface area contributed by atoms with Gasteiger partial charge in [0.25, 0.3) is 0 Å². The van der Waals surface area contributed by atoms with Crippen LogP contribution in [0.3, 0.4) is 0 Å². The summed E-state index contributed by atoms with van der Waals surface area (Å²) in [6.45, 7) is 2.71. The summed E-state index contributed by atoms with van der Waals surface area (Å²) in [5, 5.41) is 5.76. The van der Waals surface area contributed by atoms with Gasteiger partial charge in [-0.15, -0.1) is 0 Å². The van der Waals surface area contributed by atoms with E-state index in [1.54, 1.807) is 36.4 Å². The van der Waals surface area contributed by atoms with Gasteiger partial charge in [-0.1, -0.05) is 35.4 Å². The summed E-state index contributed by atoms with van der Waals surface area (Å²) < 4.78 is 32.1. The summed E-state index contributed by atoms with van der Waals surface area (Å²) in [4.78, 5) is 11.9. The Morgan fingerprint density at radius 2 is 1.74 bits per heavy atom. The summed E-state index contributed by atoms with van der Waals surface area (Å²) >= 11 is 5.85. The number of amides is 2. The molecule has 2 amide bonds. The van der Waals surface area contributed by atoms with E-state index in [4.69, 9.17) is 16.3 Å². The van der Waals surface area contributed by atoms with Crippen LogP contribution in [0, 0.1) is 6.92 Å². The zero-order valence-electron chi connectivity index (χ0n) is 14.9. The number of carbonyl (C=O) groups is 1. The Kier molecular flexibility index (Phi) is 7.90. The number of halogens is 1. The van der Waals surface area contributed by atoms with Crippen molar-refractivity contribution in [1.29, 1.82) is 0 Å². The normalized spacial score (nSPS) is 11.0. The molecule has 146 valence electrons. The molecule has 9 heteroatoms. The number of benzene rings is 2. The van der Waals surface area contributed by atoms with Gasteiger partial charge in [-0.2, -0.15) is 0 Å². The van der Waals surface area contributed by atoms with Crippen LogP contribution in [0.5, 0.6) is 5.75 Å². The van der Waals surface area contributed by atoms with Gasteiger partial charge in [0.15, 0.2) is 0 Å². The first-order valence-corrected chi connectivity index (χ1v) is 10.2. The van der Waals surface area contributed by atoms with Gasteiger partial charge in [0.05, 0.1) is 11.4 Å². The van der Waals surface area contributed by atoms with E-state index < -0.39 is 16.1 Å². The molecule has 0 atom stereocenters. The van der Waals surface area contributed by atoms with Crippen LogP contribution >= 0.6 is 11.6 Å². The van der Waals surface area contributed by atoms with Crippen molar-refractivity contribution in [2.24, 2.45) is 0 Å². The van der Waals surface area contributed by atoms with Gasteiger partial charge in [0.1, 0.15) is 12.4 Å². The first kappa shape index (κ1) is 21.0. The number of hydrogen-bond acceptors (Lipinski definition) is 4. The molecule has 2 aromatic rings. The fourth-order valence-electron chi connectivity index (χ4n) is 2.11. The Labute approximate surface area is 164 Å². The zero-order chi connectivity index (χ0) is 19.7. The van der Waals surface area contributed by atoms with E-state index in [2.05, 4.69) is 15.4 Å². The van der Waals surface area contributed by atoms with E-state index >= 15 is 0 Å². The number of ether oxygens (including phenoxy) is 1. The molecule has 0 saturated heterocycles. The molecule has 0 aliphatic rings. The summed E-state index contributed by atoms with van der Waals surface area (Å²) in [5.41, 5.74) is 0.978. The highest BCUT2D eigenvalue weighted by Crippen LogP contribution is 2.16. The minimum absolute atomic E-state index is 0.0860. The second-order valence-electron chi connectivity index (χ2n) is 5.70. The second kappa shape index (κ2) is 10.1. The fraction of sp³-hybridized carbons (Fsp3) is 0.278. The first-order valence-electron chi connectivity index (χ1n) is 8.33. The third-order valence-electron chi connectivity index (χ3n) is 3.49. The minimum Gasteiger partial charge on any atom is -0.492 e. The number of aryl methyl sites for hydroxylation is 1. The van der Waals surface area contributed by atoms with Crippen molar-refractivity contribution < 1.29 is 17.9 Å². The van der Waals surface area contributed by atoms with Gasteiger partial charge in [-0.3, -0.25) is 0 Å².